The van der Waals surface area contributed by atoms with E-state index in [0.717, 1.165) is 4.48 Å². The van der Waals surface area contributed by atoms with Crippen molar-refractivity contribution in [1.29, 1.82) is 0 Å². The fraction of sp³-hybridized carbons (Fsp3) is 0.625. The van der Waals surface area contributed by atoms with Crippen LogP contribution in [0.4, 0.5) is 0 Å². The first-order valence-corrected chi connectivity index (χ1v) is 7.55. The molecule has 0 heterocycles. The smallest absolute Gasteiger partial charge is 0.345 e. The highest BCUT2D eigenvalue weighted by molar-refractivity contribution is 6.32. The number of rotatable bonds is 4. The minimum Gasteiger partial charge on any atom is -0.832 e. The van der Waals surface area contributed by atoms with Crippen molar-refractivity contribution in [2.45, 2.75) is 39.9 Å². The molecule has 0 aliphatic carbocycles. The maximum atomic E-state index is 10.7. The van der Waals surface area contributed by atoms with E-state index < -0.39 is 7.32 Å². The van der Waals surface area contributed by atoms with Gasteiger partial charge < -0.3 is 29.0 Å². The van der Waals surface area contributed by atoms with E-state index in [0.29, 0.717) is 0 Å². The van der Waals surface area contributed by atoms with E-state index in [-0.39, 0.29) is 23.7 Å². The zero-order valence-electron chi connectivity index (χ0n) is 15.6. The van der Waals surface area contributed by atoms with Gasteiger partial charge in [0.15, 0.2) is 11.5 Å². The fourth-order valence-electron chi connectivity index (χ4n) is 0.941. The number of quaternary nitrogens is 1. The number of nitrogens with zero attached hydrogens (tertiary/aromatic N) is 1. The lowest BCUT2D eigenvalue weighted by Gasteiger charge is -2.23. The fourth-order valence-corrected chi connectivity index (χ4v) is 0.941. The predicted octanol–water partition coefficient (Wildman–Crippen LogP) is 1.60. The second-order valence-electron chi connectivity index (χ2n) is 6.83. The summed E-state index contributed by atoms with van der Waals surface area (Å²) in [5.41, 5.74) is 0. The van der Waals surface area contributed by atoms with Gasteiger partial charge in [-0.15, -0.1) is 0 Å². The van der Waals surface area contributed by atoms with Gasteiger partial charge in [0, 0.05) is 12.2 Å². The Bertz CT molecular complexity index is 371. The van der Waals surface area contributed by atoms with Gasteiger partial charge in [-0.05, 0) is 39.8 Å². The second-order valence-corrected chi connectivity index (χ2v) is 6.83. The average molecular weight is 329 g/mol. The molecule has 0 saturated heterocycles. The summed E-state index contributed by atoms with van der Waals surface area (Å²) in [6.45, 7) is 7.20. The molecule has 6 nitrogen and oxygen atoms in total. The van der Waals surface area contributed by atoms with Crippen LogP contribution < -0.4 is 5.02 Å². The Labute approximate surface area is 141 Å². The van der Waals surface area contributed by atoms with Crippen molar-refractivity contribution in [2.24, 2.45) is 0 Å². The summed E-state index contributed by atoms with van der Waals surface area (Å²) in [5.74, 6) is -0.153. The number of aromatic hydroxyl groups is 2. The summed E-state index contributed by atoms with van der Waals surface area (Å²) < 4.78 is 10.6. The van der Waals surface area contributed by atoms with Gasteiger partial charge in [-0.3, -0.25) is 0 Å². The van der Waals surface area contributed by atoms with E-state index >= 15 is 0 Å². The zero-order valence-corrected chi connectivity index (χ0v) is 15.6. The van der Waals surface area contributed by atoms with Crippen LogP contribution in [-0.2, 0) is 9.31 Å². The maximum absolute atomic E-state index is 10.7. The lowest BCUT2D eigenvalue weighted by atomic mass is 10.2. The van der Waals surface area contributed by atoms with E-state index in [1.807, 2.05) is 0 Å². The third-order valence-corrected chi connectivity index (χ3v) is 1.65. The summed E-state index contributed by atoms with van der Waals surface area (Å²) in [5, 5.41) is 28.0. The topological polar surface area (TPSA) is 82.0 Å². The van der Waals surface area contributed by atoms with Crippen LogP contribution in [0.5, 0.6) is 11.5 Å². The number of benzene rings is 1. The van der Waals surface area contributed by atoms with Crippen molar-refractivity contribution in [1.82, 2.24) is 0 Å². The summed E-state index contributed by atoms with van der Waals surface area (Å²) in [6.07, 6.45) is -0.137. The van der Waals surface area contributed by atoms with Crippen LogP contribution in [0.3, 0.4) is 0 Å². The molecule has 0 aliphatic heterocycles. The van der Waals surface area contributed by atoms with Crippen molar-refractivity contribution in [3.63, 3.8) is 0 Å². The number of phenols is 2. The van der Waals surface area contributed by atoms with Gasteiger partial charge in [0.2, 0.25) is 0 Å². The number of phenolic OH excluding ortho intramolecular Hbond substituents is 2. The van der Waals surface area contributed by atoms with Crippen LogP contribution >= 0.6 is 0 Å². The first kappa shape index (κ1) is 24.0. The van der Waals surface area contributed by atoms with Crippen LogP contribution in [0.1, 0.15) is 27.7 Å². The average Bonchev–Trinajstić information content (AvgIpc) is 2.29. The molecule has 23 heavy (non-hydrogen) atoms. The molecule has 0 bridgehead atoms. The summed E-state index contributed by atoms with van der Waals surface area (Å²) in [6, 6.07) is 6.15. The molecule has 0 spiro atoms. The molecule has 0 saturated carbocycles. The summed E-state index contributed by atoms with van der Waals surface area (Å²) >= 11 is 0. The predicted molar refractivity (Wildman–Crippen MR) is 91.9 cm³/mol. The molecular weight excluding hydrogens is 297 g/mol. The molecule has 0 unspecified atom stereocenters. The quantitative estimate of drug-likeness (QED) is 0.498. The summed E-state index contributed by atoms with van der Waals surface area (Å²) in [7, 11) is 7.17. The minimum absolute atomic E-state index is 0.0683. The minimum atomic E-state index is -1.33. The zero-order chi connectivity index (χ0) is 18.6. The molecule has 1 aromatic rings. The lowest BCUT2D eigenvalue weighted by molar-refractivity contribution is -0.849. The molecule has 0 atom stereocenters. The molecule has 7 heteroatoms. The molecule has 0 fully saturated rings. The van der Waals surface area contributed by atoms with Crippen molar-refractivity contribution >= 4 is 7.32 Å². The third-order valence-electron chi connectivity index (χ3n) is 1.65. The van der Waals surface area contributed by atoms with Gasteiger partial charge >= 0.3 is 7.32 Å². The van der Waals surface area contributed by atoms with E-state index in [1.165, 1.54) is 12.1 Å². The lowest BCUT2D eigenvalue weighted by Crippen LogP contribution is -2.41. The number of hydrogen-bond acceptors (Lipinski definition) is 5. The van der Waals surface area contributed by atoms with E-state index in [4.69, 9.17) is 19.5 Å². The molecule has 0 amide bonds. The highest BCUT2D eigenvalue weighted by Crippen LogP contribution is 2.21. The van der Waals surface area contributed by atoms with Gasteiger partial charge in [0.05, 0.1) is 28.2 Å². The van der Waals surface area contributed by atoms with E-state index in [1.54, 1.807) is 39.8 Å². The Kier molecular flexibility index (Phi) is 12.7. The van der Waals surface area contributed by atoms with Crippen molar-refractivity contribution < 1.29 is 29.0 Å². The van der Waals surface area contributed by atoms with Gasteiger partial charge in [-0.1, -0.05) is 12.1 Å². The van der Waals surface area contributed by atoms with Crippen LogP contribution in [0.2, 0.25) is 0 Å². The molecule has 0 radical (unpaired) electrons. The summed E-state index contributed by atoms with van der Waals surface area (Å²) in [4.78, 5) is 0. The van der Waals surface area contributed by atoms with Crippen molar-refractivity contribution in [2.75, 3.05) is 28.2 Å². The molecule has 0 aromatic heterocycles. The Morgan fingerprint density at radius 3 is 1.30 bits per heavy atom. The largest absolute Gasteiger partial charge is 0.832 e. The first-order chi connectivity index (χ1) is 10.3. The third kappa shape index (κ3) is 23.1. The van der Waals surface area contributed by atoms with Crippen molar-refractivity contribution in [3.8, 4) is 11.5 Å². The van der Waals surface area contributed by atoms with E-state index in [9.17, 15) is 5.02 Å². The SMILES string of the molecule is CC(C)OB([O-])OC(C)C.C[N+](C)(C)C.Oc1ccccc1O. The normalized spacial score (nSPS) is 10.6. The Morgan fingerprint density at radius 1 is 0.870 bits per heavy atom. The van der Waals surface area contributed by atoms with Crippen molar-refractivity contribution in [3.05, 3.63) is 24.3 Å². The second kappa shape index (κ2) is 12.2. The van der Waals surface area contributed by atoms with Crippen LogP contribution in [0, 0.1) is 0 Å². The first-order valence-electron chi connectivity index (χ1n) is 7.55. The highest BCUT2D eigenvalue weighted by Gasteiger charge is 2.04. The van der Waals surface area contributed by atoms with Gasteiger partial charge in [-0.25, -0.2) is 0 Å². The molecule has 1 rings (SSSR count). The van der Waals surface area contributed by atoms with Crippen LogP contribution in [0.15, 0.2) is 24.3 Å². The van der Waals surface area contributed by atoms with Gasteiger partial charge in [0.1, 0.15) is 0 Å². The Morgan fingerprint density at radius 2 is 1.13 bits per heavy atom. The molecule has 0 aliphatic rings. The molecule has 134 valence electrons. The van der Waals surface area contributed by atoms with Gasteiger partial charge in [0.25, 0.3) is 0 Å². The Balaban J connectivity index is 0. The Hall–Kier alpha value is -1.28. The molecule has 2 N–H and O–H groups in total. The maximum Gasteiger partial charge on any atom is 0.345 e. The highest BCUT2D eigenvalue weighted by atomic mass is 16.7. The monoisotopic (exact) mass is 329 g/mol. The number of hydrogen-bond donors (Lipinski definition) is 2. The molecular formula is C16H32BNO5. The molecule has 1 aromatic carbocycles. The van der Waals surface area contributed by atoms with E-state index in [2.05, 4.69) is 28.2 Å². The standard InChI is InChI=1S/C6H14BO3.C6H6O2.C4H12N/c1-5(2)9-7(8)10-6(3)4;7-5-3-1-2-4-6(5)8;1-5(2,3)4/h5-6H,1-4H3;1-4,7-8H;1-4H3/q-1;;+1. The van der Waals surface area contributed by atoms with Crippen LogP contribution in [0.25, 0.3) is 0 Å². The van der Waals surface area contributed by atoms with Crippen LogP contribution in [-0.4, -0.2) is 62.4 Å². The number of para-hydroxylation sites is 2. The van der Waals surface area contributed by atoms with Gasteiger partial charge in [-0.2, -0.15) is 0 Å².